The van der Waals surface area contributed by atoms with Crippen LogP contribution in [0.2, 0.25) is 0 Å². The Balaban J connectivity index is 1.05. The molecule has 264 valence electrons. The van der Waals surface area contributed by atoms with Crippen molar-refractivity contribution in [3.63, 3.8) is 0 Å². The smallest absolute Gasteiger partial charge is 0.410 e. The first-order valence-electron chi connectivity index (χ1n) is 17.5. The topological polar surface area (TPSA) is 121 Å². The maximum absolute atomic E-state index is 14.1. The fourth-order valence-electron chi connectivity index (χ4n) is 7.42. The van der Waals surface area contributed by atoms with E-state index < -0.39 is 17.6 Å². The van der Waals surface area contributed by atoms with Crippen molar-refractivity contribution in [1.82, 2.24) is 25.3 Å². The number of anilines is 1. The number of likely N-dealkylation sites (tertiary alicyclic amines) is 2. The minimum Gasteiger partial charge on any atom is -0.444 e. The standard InChI is InChI=1S/C37H50N6O5S/c1-23(2)31(29-19-30(40-48-29)42-20-37(21-42)14-17-41(18-15-37)35(46)47-36(5,6)7)34(45)43-16-8-9-28(43)33(44)39-24(3)26-10-12-27(13-11-26)32-25(4)38-22-49-32/h10-13,19,22-24,28,31H,8-9,14-18,20-21H2,1-7H3,(H,39,44). The number of ether oxygens (including phenoxy) is 1. The van der Waals surface area contributed by atoms with Crippen LogP contribution in [0.25, 0.3) is 10.4 Å². The number of carbonyl (C=O) groups excluding carboxylic acids is 3. The van der Waals surface area contributed by atoms with E-state index in [0.717, 1.165) is 59.9 Å². The summed E-state index contributed by atoms with van der Waals surface area (Å²) in [6.45, 7) is 17.2. The Hall–Kier alpha value is -3.93. The molecule has 11 nitrogen and oxygen atoms in total. The van der Waals surface area contributed by atoms with E-state index in [1.54, 1.807) is 21.1 Å². The lowest BCUT2D eigenvalue weighted by molar-refractivity contribution is -0.141. The van der Waals surface area contributed by atoms with Crippen LogP contribution in [0.1, 0.15) is 96.2 Å². The Morgan fingerprint density at radius 3 is 2.37 bits per heavy atom. The molecule has 3 atom stereocenters. The van der Waals surface area contributed by atoms with Gasteiger partial charge in [0.05, 0.1) is 22.1 Å². The molecule has 3 unspecified atom stereocenters. The summed E-state index contributed by atoms with van der Waals surface area (Å²) >= 11 is 1.62. The highest BCUT2D eigenvalue weighted by Crippen LogP contribution is 2.43. The number of amides is 3. The third-order valence-electron chi connectivity index (χ3n) is 10.2. The minimum absolute atomic E-state index is 0.0443. The van der Waals surface area contributed by atoms with E-state index in [4.69, 9.17) is 9.26 Å². The Labute approximate surface area is 293 Å². The Morgan fingerprint density at radius 1 is 1.06 bits per heavy atom. The van der Waals surface area contributed by atoms with Crippen LogP contribution in [-0.4, -0.2) is 82.2 Å². The molecule has 3 aromatic rings. The molecule has 49 heavy (non-hydrogen) atoms. The van der Waals surface area contributed by atoms with Crippen molar-refractivity contribution < 1.29 is 23.6 Å². The zero-order valence-electron chi connectivity index (χ0n) is 29.8. The van der Waals surface area contributed by atoms with Gasteiger partial charge in [0.2, 0.25) is 11.8 Å². The molecule has 0 bridgehead atoms. The van der Waals surface area contributed by atoms with Gasteiger partial charge in [-0.2, -0.15) is 0 Å². The highest BCUT2D eigenvalue weighted by atomic mass is 32.1. The van der Waals surface area contributed by atoms with E-state index in [-0.39, 0.29) is 35.3 Å². The average Bonchev–Trinajstić information content (AvgIpc) is 3.81. The fraction of sp³-hybridized carbons (Fsp3) is 0.595. The monoisotopic (exact) mass is 690 g/mol. The van der Waals surface area contributed by atoms with Gasteiger partial charge in [0.1, 0.15) is 17.6 Å². The van der Waals surface area contributed by atoms with Gasteiger partial charge in [0, 0.05) is 44.2 Å². The maximum atomic E-state index is 14.1. The van der Waals surface area contributed by atoms with Crippen molar-refractivity contribution in [1.29, 1.82) is 0 Å². The number of benzene rings is 1. The van der Waals surface area contributed by atoms with Gasteiger partial charge in [-0.1, -0.05) is 43.3 Å². The van der Waals surface area contributed by atoms with Crippen LogP contribution in [0.5, 0.6) is 0 Å². The number of rotatable bonds is 8. The fourth-order valence-corrected chi connectivity index (χ4v) is 8.23. The van der Waals surface area contributed by atoms with Crippen molar-refractivity contribution in [3.05, 3.63) is 52.9 Å². The second kappa shape index (κ2) is 13.8. The predicted molar refractivity (Wildman–Crippen MR) is 189 cm³/mol. The zero-order valence-corrected chi connectivity index (χ0v) is 30.6. The van der Waals surface area contributed by atoms with Crippen LogP contribution in [0.4, 0.5) is 10.6 Å². The molecular formula is C37H50N6O5S. The number of nitrogens with zero attached hydrogens (tertiary/aromatic N) is 5. The first kappa shape index (κ1) is 34.9. The van der Waals surface area contributed by atoms with E-state index in [0.29, 0.717) is 31.8 Å². The quantitative estimate of drug-likeness (QED) is 0.283. The summed E-state index contributed by atoms with van der Waals surface area (Å²) in [5.74, 6) is 0.451. The normalized spacial score (nSPS) is 20.3. The number of hydrogen-bond donors (Lipinski definition) is 1. The van der Waals surface area contributed by atoms with Gasteiger partial charge in [-0.3, -0.25) is 9.59 Å². The number of piperidine rings is 1. The largest absolute Gasteiger partial charge is 0.444 e. The number of aryl methyl sites for hydroxylation is 1. The summed E-state index contributed by atoms with van der Waals surface area (Å²) < 4.78 is 11.4. The van der Waals surface area contributed by atoms with Gasteiger partial charge in [-0.15, -0.1) is 11.3 Å². The summed E-state index contributed by atoms with van der Waals surface area (Å²) in [4.78, 5) is 51.5. The molecular weight excluding hydrogens is 641 g/mol. The van der Waals surface area contributed by atoms with Crippen LogP contribution >= 0.6 is 11.3 Å². The van der Waals surface area contributed by atoms with Gasteiger partial charge in [0.15, 0.2) is 11.6 Å². The molecule has 0 radical (unpaired) electrons. The zero-order chi connectivity index (χ0) is 35.1. The van der Waals surface area contributed by atoms with Gasteiger partial charge in [-0.25, -0.2) is 9.78 Å². The molecule has 3 saturated heterocycles. The van der Waals surface area contributed by atoms with Crippen LogP contribution in [0.15, 0.2) is 40.4 Å². The van der Waals surface area contributed by atoms with E-state index in [2.05, 4.69) is 32.5 Å². The summed E-state index contributed by atoms with van der Waals surface area (Å²) in [6, 6.07) is 9.38. The molecule has 12 heteroatoms. The molecule has 1 aromatic carbocycles. The lowest BCUT2D eigenvalue weighted by Gasteiger charge is -2.53. The molecule has 0 saturated carbocycles. The van der Waals surface area contributed by atoms with Gasteiger partial charge < -0.3 is 29.3 Å². The molecule has 5 heterocycles. The maximum Gasteiger partial charge on any atom is 0.410 e. The number of thiazole rings is 1. The van der Waals surface area contributed by atoms with Gasteiger partial charge in [-0.05, 0) is 77.3 Å². The van der Waals surface area contributed by atoms with Crippen molar-refractivity contribution in [2.24, 2.45) is 11.3 Å². The lowest BCUT2D eigenvalue weighted by atomic mass is 9.72. The Morgan fingerprint density at radius 2 is 1.76 bits per heavy atom. The molecule has 0 aliphatic carbocycles. The molecule has 3 fully saturated rings. The number of hydrogen-bond acceptors (Lipinski definition) is 9. The first-order valence-corrected chi connectivity index (χ1v) is 18.4. The lowest BCUT2D eigenvalue weighted by Crippen LogP contribution is -2.61. The van der Waals surface area contributed by atoms with Gasteiger partial charge >= 0.3 is 6.09 Å². The second-order valence-electron chi connectivity index (χ2n) is 15.4. The van der Waals surface area contributed by atoms with Crippen LogP contribution in [0.3, 0.4) is 0 Å². The molecule has 2 aromatic heterocycles. The summed E-state index contributed by atoms with van der Waals surface area (Å²) in [5.41, 5.74) is 4.61. The van der Waals surface area contributed by atoms with Crippen molar-refractivity contribution in [2.45, 2.75) is 97.8 Å². The van der Waals surface area contributed by atoms with E-state index in [1.807, 2.05) is 72.2 Å². The molecule has 1 spiro atoms. The third-order valence-corrected chi connectivity index (χ3v) is 11.2. The molecule has 1 N–H and O–H groups in total. The van der Waals surface area contributed by atoms with Crippen LogP contribution < -0.4 is 10.2 Å². The Bertz CT molecular complexity index is 1640. The van der Waals surface area contributed by atoms with Crippen LogP contribution in [-0.2, 0) is 14.3 Å². The van der Waals surface area contributed by atoms with Crippen molar-refractivity contribution in [2.75, 3.05) is 37.6 Å². The Kier molecular flexibility index (Phi) is 9.81. The third kappa shape index (κ3) is 7.49. The minimum atomic E-state index is -0.540. The highest BCUT2D eigenvalue weighted by Gasteiger charge is 2.47. The first-order chi connectivity index (χ1) is 23.2. The van der Waals surface area contributed by atoms with Crippen molar-refractivity contribution >= 4 is 35.1 Å². The van der Waals surface area contributed by atoms with E-state index in [9.17, 15) is 14.4 Å². The summed E-state index contributed by atoms with van der Waals surface area (Å²) in [6.07, 6.45) is 2.98. The number of carbonyl (C=O) groups is 3. The van der Waals surface area contributed by atoms with Crippen LogP contribution in [0, 0.1) is 18.3 Å². The summed E-state index contributed by atoms with van der Waals surface area (Å²) in [7, 11) is 0. The summed E-state index contributed by atoms with van der Waals surface area (Å²) in [5, 5.41) is 7.54. The van der Waals surface area contributed by atoms with E-state index >= 15 is 0 Å². The SMILES string of the molecule is Cc1ncsc1-c1ccc(C(C)NC(=O)C2CCCN2C(=O)C(c2cc(N3CC4(CCN(C(=O)OC(C)(C)C)CC4)C3)no2)C(C)C)cc1. The molecule has 6 rings (SSSR count). The molecule has 3 aliphatic heterocycles. The van der Waals surface area contributed by atoms with Crippen molar-refractivity contribution in [3.8, 4) is 10.4 Å². The average molecular weight is 691 g/mol. The number of nitrogens with one attached hydrogen (secondary N) is 1. The van der Waals surface area contributed by atoms with E-state index in [1.165, 1.54) is 0 Å². The molecule has 3 amide bonds. The predicted octanol–water partition coefficient (Wildman–Crippen LogP) is 6.55. The number of aromatic nitrogens is 2. The highest BCUT2D eigenvalue weighted by molar-refractivity contribution is 7.13. The second-order valence-corrected chi connectivity index (χ2v) is 16.3. The van der Waals surface area contributed by atoms with Gasteiger partial charge in [0.25, 0.3) is 0 Å². The molecule has 3 aliphatic rings.